The molecule has 1 fully saturated rings. The Labute approximate surface area is 136 Å². The number of hydrogen-bond donors (Lipinski definition) is 0. The second-order valence-corrected chi connectivity index (χ2v) is 6.83. The molecule has 22 heavy (non-hydrogen) atoms. The number of hydrogen-bond acceptors (Lipinski definition) is 3. The van der Waals surface area contributed by atoms with E-state index in [1.54, 1.807) is 12.1 Å². The third-order valence-electron chi connectivity index (χ3n) is 3.86. The summed E-state index contributed by atoms with van der Waals surface area (Å²) in [5.41, 5.74) is 0.585. The van der Waals surface area contributed by atoms with E-state index >= 15 is 0 Å². The van der Waals surface area contributed by atoms with Gasteiger partial charge in [0.15, 0.2) is 11.5 Å². The van der Waals surface area contributed by atoms with E-state index in [1.165, 1.54) is 0 Å². The average Bonchev–Trinajstić information content (AvgIpc) is 3.30. The van der Waals surface area contributed by atoms with Crippen LogP contribution in [0.2, 0.25) is 5.02 Å². The van der Waals surface area contributed by atoms with E-state index in [0.717, 1.165) is 25.8 Å². The van der Waals surface area contributed by atoms with Crippen LogP contribution in [0.5, 0.6) is 11.5 Å². The van der Waals surface area contributed by atoms with Gasteiger partial charge in [0.2, 0.25) is 0 Å². The van der Waals surface area contributed by atoms with Gasteiger partial charge in [-0.1, -0.05) is 25.4 Å². The van der Waals surface area contributed by atoms with Gasteiger partial charge in [0.25, 0.3) is 5.91 Å². The quantitative estimate of drug-likeness (QED) is 0.846. The summed E-state index contributed by atoms with van der Waals surface area (Å²) in [5, 5.41) is 0.447. The molecule has 0 N–H and O–H groups in total. The van der Waals surface area contributed by atoms with Crippen LogP contribution in [0, 0.1) is 5.92 Å². The zero-order valence-corrected chi connectivity index (χ0v) is 13.9. The molecule has 0 atom stereocenters. The van der Waals surface area contributed by atoms with Crippen molar-refractivity contribution in [3.63, 3.8) is 0 Å². The summed E-state index contributed by atoms with van der Waals surface area (Å²) in [4.78, 5) is 14.8. The third kappa shape index (κ3) is 3.32. The molecule has 4 nitrogen and oxygen atoms in total. The molecule has 1 amide bonds. The lowest BCUT2D eigenvalue weighted by molar-refractivity contribution is 0.0722. The van der Waals surface area contributed by atoms with Crippen molar-refractivity contribution in [3.05, 3.63) is 22.7 Å². The number of halogens is 1. The number of rotatable bonds is 4. The minimum Gasteiger partial charge on any atom is -0.489 e. The smallest absolute Gasteiger partial charge is 0.254 e. The lowest BCUT2D eigenvalue weighted by Gasteiger charge is -2.25. The molecule has 120 valence electrons. The van der Waals surface area contributed by atoms with Crippen LogP contribution in [-0.2, 0) is 0 Å². The molecule has 5 heteroatoms. The predicted molar refractivity (Wildman–Crippen MR) is 86.0 cm³/mol. The van der Waals surface area contributed by atoms with E-state index in [-0.39, 0.29) is 5.91 Å². The second-order valence-electron chi connectivity index (χ2n) is 6.42. The van der Waals surface area contributed by atoms with Crippen LogP contribution in [0.4, 0.5) is 0 Å². The second kappa shape index (κ2) is 6.37. The third-order valence-corrected chi connectivity index (χ3v) is 4.14. The molecule has 0 aromatic heterocycles. The number of nitrogens with zero attached hydrogens (tertiary/aromatic N) is 1. The molecule has 0 unspecified atom stereocenters. The van der Waals surface area contributed by atoms with Gasteiger partial charge >= 0.3 is 0 Å². The van der Waals surface area contributed by atoms with Gasteiger partial charge in [-0.3, -0.25) is 4.79 Å². The maximum Gasteiger partial charge on any atom is 0.254 e. The zero-order valence-electron chi connectivity index (χ0n) is 13.1. The Morgan fingerprint density at radius 2 is 2.05 bits per heavy atom. The Bertz CT molecular complexity index is 569. The summed E-state index contributed by atoms with van der Waals surface area (Å²) < 4.78 is 11.3. The van der Waals surface area contributed by atoms with Gasteiger partial charge in [0.1, 0.15) is 0 Å². The van der Waals surface area contributed by atoms with E-state index < -0.39 is 0 Å². The minimum absolute atomic E-state index is 0.0359. The van der Waals surface area contributed by atoms with Crippen LogP contribution in [-0.4, -0.2) is 36.6 Å². The van der Waals surface area contributed by atoms with E-state index in [1.807, 2.05) is 4.90 Å². The Kier molecular flexibility index (Phi) is 4.48. The number of amides is 1. The molecule has 0 radical (unpaired) electrons. The van der Waals surface area contributed by atoms with Crippen LogP contribution < -0.4 is 9.47 Å². The van der Waals surface area contributed by atoms with Crippen molar-refractivity contribution >= 4 is 17.5 Å². The summed E-state index contributed by atoms with van der Waals surface area (Å²) in [5.74, 6) is 1.61. The molecular weight excluding hydrogens is 302 g/mol. The highest BCUT2D eigenvalue weighted by molar-refractivity contribution is 6.32. The number of benzene rings is 1. The van der Waals surface area contributed by atoms with Crippen molar-refractivity contribution in [1.82, 2.24) is 4.90 Å². The highest BCUT2D eigenvalue weighted by Gasteiger charge is 2.34. The van der Waals surface area contributed by atoms with Crippen molar-refractivity contribution in [2.75, 3.05) is 19.8 Å². The standard InChI is InChI=1S/C17H22ClNO3/c1-11(2)10-19(13-4-5-13)17(20)12-8-14(18)16-15(9-12)21-6-3-7-22-16/h8-9,11,13H,3-7,10H2,1-2H3. The SMILES string of the molecule is CC(C)CN(C(=O)c1cc(Cl)c2c(c1)OCCCO2)C1CC1. The maximum atomic E-state index is 12.9. The van der Waals surface area contributed by atoms with E-state index in [0.29, 0.717) is 47.3 Å². The molecule has 1 aromatic carbocycles. The van der Waals surface area contributed by atoms with Crippen molar-refractivity contribution < 1.29 is 14.3 Å². The lowest BCUT2D eigenvalue weighted by atomic mass is 10.1. The molecule has 1 saturated carbocycles. The molecular formula is C17H22ClNO3. The van der Waals surface area contributed by atoms with Gasteiger partial charge in [-0.2, -0.15) is 0 Å². The van der Waals surface area contributed by atoms with Gasteiger partial charge < -0.3 is 14.4 Å². The summed E-state index contributed by atoms with van der Waals surface area (Å²) in [7, 11) is 0. The van der Waals surface area contributed by atoms with Gasteiger partial charge in [-0.05, 0) is 30.9 Å². The monoisotopic (exact) mass is 323 g/mol. The van der Waals surface area contributed by atoms with Crippen molar-refractivity contribution in [2.24, 2.45) is 5.92 Å². The summed E-state index contributed by atoms with van der Waals surface area (Å²) in [6, 6.07) is 3.85. The summed E-state index contributed by atoms with van der Waals surface area (Å²) in [6.07, 6.45) is 3.00. The summed E-state index contributed by atoms with van der Waals surface area (Å²) in [6.45, 7) is 6.20. The average molecular weight is 324 g/mol. The van der Waals surface area contributed by atoms with Crippen LogP contribution in [0.15, 0.2) is 12.1 Å². The highest BCUT2D eigenvalue weighted by atomic mass is 35.5. The van der Waals surface area contributed by atoms with Crippen LogP contribution >= 0.6 is 11.6 Å². The van der Waals surface area contributed by atoms with Gasteiger partial charge in [-0.15, -0.1) is 0 Å². The van der Waals surface area contributed by atoms with Crippen LogP contribution in [0.1, 0.15) is 43.5 Å². The molecule has 1 heterocycles. The molecule has 1 aliphatic heterocycles. The first-order chi connectivity index (χ1) is 10.6. The van der Waals surface area contributed by atoms with Crippen molar-refractivity contribution in [2.45, 2.75) is 39.2 Å². The lowest BCUT2D eigenvalue weighted by Crippen LogP contribution is -2.36. The fourth-order valence-corrected chi connectivity index (χ4v) is 2.96. The van der Waals surface area contributed by atoms with Gasteiger partial charge in [-0.25, -0.2) is 0 Å². The first kappa shape index (κ1) is 15.5. The molecule has 0 bridgehead atoms. The molecule has 3 rings (SSSR count). The van der Waals surface area contributed by atoms with E-state index in [9.17, 15) is 4.79 Å². The molecule has 1 aromatic rings. The Morgan fingerprint density at radius 1 is 1.32 bits per heavy atom. The number of carbonyl (C=O) groups excluding carboxylic acids is 1. The maximum absolute atomic E-state index is 12.9. The number of ether oxygens (including phenoxy) is 2. The highest BCUT2D eigenvalue weighted by Crippen LogP contribution is 2.39. The van der Waals surface area contributed by atoms with E-state index in [4.69, 9.17) is 21.1 Å². The minimum atomic E-state index is 0.0359. The van der Waals surface area contributed by atoms with Crippen LogP contribution in [0.25, 0.3) is 0 Å². The molecule has 2 aliphatic rings. The van der Waals surface area contributed by atoms with Crippen molar-refractivity contribution in [3.8, 4) is 11.5 Å². The summed E-state index contributed by atoms with van der Waals surface area (Å²) >= 11 is 6.29. The topological polar surface area (TPSA) is 38.8 Å². The molecule has 0 saturated heterocycles. The van der Waals surface area contributed by atoms with E-state index in [2.05, 4.69) is 13.8 Å². The number of carbonyl (C=O) groups is 1. The first-order valence-corrected chi connectivity index (χ1v) is 8.34. The van der Waals surface area contributed by atoms with Crippen LogP contribution in [0.3, 0.4) is 0 Å². The fourth-order valence-electron chi connectivity index (χ4n) is 2.70. The first-order valence-electron chi connectivity index (χ1n) is 7.96. The van der Waals surface area contributed by atoms with Gasteiger partial charge in [0, 0.05) is 24.6 Å². The fraction of sp³-hybridized carbons (Fsp3) is 0.588. The Morgan fingerprint density at radius 3 is 2.73 bits per heavy atom. The molecule has 0 spiro atoms. The Balaban J connectivity index is 1.88. The zero-order chi connectivity index (χ0) is 15.7. The number of fused-ring (bicyclic) bond motifs is 1. The predicted octanol–water partition coefficient (Wildman–Crippen LogP) is 3.76. The molecule has 1 aliphatic carbocycles. The largest absolute Gasteiger partial charge is 0.489 e. The van der Waals surface area contributed by atoms with Crippen molar-refractivity contribution in [1.29, 1.82) is 0 Å². The Hall–Kier alpha value is -1.42. The van der Waals surface area contributed by atoms with Gasteiger partial charge in [0.05, 0.1) is 18.2 Å². The normalized spacial score (nSPS) is 17.3.